The van der Waals surface area contributed by atoms with Gasteiger partial charge < -0.3 is 10.6 Å². The normalized spacial score (nSPS) is 15.0. The first-order valence-corrected chi connectivity index (χ1v) is 16.2. The van der Waals surface area contributed by atoms with E-state index in [9.17, 15) is 37.7 Å². The van der Waals surface area contributed by atoms with Crippen molar-refractivity contribution in [3.05, 3.63) is 130 Å². The van der Waals surface area contributed by atoms with Crippen molar-refractivity contribution in [3.63, 3.8) is 0 Å². The van der Waals surface area contributed by atoms with Crippen LogP contribution in [0.2, 0.25) is 0 Å². The molecule has 0 aliphatic carbocycles. The third-order valence-electron chi connectivity index (χ3n) is 6.86. The Hall–Kier alpha value is -5.64. The molecule has 4 N–H and O–H groups in total. The number of nitrogens with two attached hydrogens (primary N) is 1. The lowest BCUT2D eigenvalue weighted by atomic mass is 10.1. The van der Waals surface area contributed by atoms with E-state index in [-0.39, 0.29) is 28.4 Å². The Balaban J connectivity index is 1.28. The first kappa shape index (κ1) is 32.7. The van der Waals surface area contributed by atoms with Crippen LogP contribution in [0.15, 0.2) is 119 Å². The van der Waals surface area contributed by atoms with Crippen molar-refractivity contribution in [2.24, 2.45) is 5.14 Å². The highest BCUT2D eigenvalue weighted by Crippen LogP contribution is 2.34. The zero-order valence-corrected chi connectivity index (χ0v) is 25.9. The van der Waals surface area contributed by atoms with E-state index in [1.165, 1.54) is 54.6 Å². The van der Waals surface area contributed by atoms with E-state index in [1.807, 2.05) is 0 Å². The van der Waals surface area contributed by atoms with E-state index < -0.39 is 43.8 Å². The fourth-order valence-electron chi connectivity index (χ4n) is 4.53. The number of primary sulfonamides is 1. The zero-order chi connectivity index (χ0) is 33.7. The van der Waals surface area contributed by atoms with Crippen molar-refractivity contribution in [2.75, 3.05) is 10.2 Å². The van der Waals surface area contributed by atoms with Gasteiger partial charge in [0, 0.05) is 34.7 Å². The number of benzene rings is 4. The molecule has 238 valence electrons. The lowest BCUT2D eigenvalue weighted by Gasteiger charge is -2.15. The Morgan fingerprint density at radius 2 is 1.55 bits per heavy atom. The quantitative estimate of drug-likeness (QED) is 0.0962. The predicted molar refractivity (Wildman–Crippen MR) is 175 cm³/mol. The molecule has 15 heteroatoms. The summed E-state index contributed by atoms with van der Waals surface area (Å²) in [5, 5.41) is 20.7. The summed E-state index contributed by atoms with van der Waals surface area (Å²) >= 11 is 1.16. The zero-order valence-electron chi connectivity index (χ0n) is 24.2. The molecule has 1 heterocycles. The summed E-state index contributed by atoms with van der Waals surface area (Å²) in [6.07, 6.45) is 1.32. The molecule has 1 aliphatic heterocycles. The third kappa shape index (κ3) is 7.96. The summed E-state index contributed by atoms with van der Waals surface area (Å²) in [6, 6.07) is 25.3. The maximum absolute atomic E-state index is 13.3. The topological polar surface area (TPSA) is 199 Å². The van der Waals surface area contributed by atoms with Crippen LogP contribution in [0.5, 0.6) is 0 Å². The van der Waals surface area contributed by atoms with Crippen LogP contribution in [0.4, 0.5) is 17.1 Å². The van der Waals surface area contributed by atoms with Gasteiger partial charge in [0.2, 0.25) is 21.8 Å². The molecule has 0 aromatic heterocycles. The van der Waals surface area contributed by atoms with Crippen molar-refractivity contribution in [1.29, 1.82) is 0 Å². The number of sulfonamides is 1. The number of hydrogen-bond acceptors (Lipinski definition) is 9. The average molecular weight is 672 g/mol. The van der Waals surface area contributed by atoms with E-state index in [4.69, 9.17) is 5.14 Å². The molecule has 1 fully saturated rings. The Morgan fingerprint density at radius 3 is 2.15 bits per heavy atom. The number of nitro groups is 1. The van der Waals surface area contributed by atoms with Crippen LogP contribution >= 0.6 is 11.8 Å². The Kier molecular flexibility index (Phi) is 9.60. The molecule has 1 unspecified atom stereocenters. The number of nitro benzene ring substituents is 1. The summed E-state index contributed by atoms with van der Waals surface area (Å²) in [5.74, 6) is -2.10. The summed E-state index contributed by atoms with van der Waals surface area (Å²) in [5.41, 5.74) is 1.10. The number of rotatable bonds is 10. The largest absolute Gasteiger partial charge is 0.321 e. The van der Waals surface area contributed by atoms with Gasteiger partial charge in [-0.05, 0) is 84.4 Å². The van der Waals surface area contributed by atoms with Gasteiger partial charge in [-0.3, -0.25) is 29.3 Å². The molecule has 4 aromatic rings. The second kappa shape index (κ2) is 13.8. The second-order valence-electron chi connectivity index (χ2n) is 10.1. The summed E-state index contributed by atoms with van der Waals surface area (Å²) in [7, 11) is -3.93. The SMILES string of the molecule is NS(=O)(=O)c1ccc(N2C(=O)CC(Sc3ccc(NC(=O)/C(=C/c4ccc([N+](=O)[O-])cc4)NC(=O)c4ccccc4)cc3)C2=O)cc1. The van der Waals surface area contributed by atoms with Crippen LogP contribution < -0.4 is 20.7 Å². The van der Waals surface area contributed by atoms with Crippen LogP contribution in [-0.4, -0.2) is 42.2 Å². The van der Waals surface area contributed by atoms with E-state index in [0.29, 0.717) is 21.7 Å². The first-order valence-electron chi connectivity index (χ1n) is 13.8. The van der Waals surface area contributed by atoms with Crippen LogP contribution in [0, 0.1) is 10.1 Å². The van der Waals surface area contributed by atoms with Crippen molar-refractivity contribution in [2.45, 2.75) is 21.5 Å². The molecule has 1 aliphatic rings. The minimum Gasteiger partial charge on any atom is -0.321 e. The number of amides is 4. The van der Waals surface area contributed by atoms with Crippen LogP contribution in [0.25, 0.3) is 6.08 Å². The summed E-state index contributed by atoms with van der Waals surface area (Å²) in [6.45, 7) is 0. The number of nitrogens with one attached hydrogen (secondary N) is 2. The van der Waals surface area contributed by atoms with Crippen molar-refractivity contribution >= 4 is 68.6 Å². The number of carbonyl (C=O) groups excluding carboxylic acids is 4. The van der Waals surface area contributed by atoms with Gasteiger partial charge in [0.15, 0.2) is 0 Å². The molecule has 4 aromatic carbocycles. The summed E-state index contributed by atoms with van der Waals surface area (Å²) < 4.78 is 23.1. The Morgan fingerprint density at radius 1 is 0.915 bits per heavy atom. The number of imide groups is 1. The molecule has 47 heavy (non-hydrogen) atoms. The third-order valence-corrected chi connectivity index (χ3v) is 8.99. The van der Waals surface area contributed by atoms with Crippen LogP contribution in [0.3, 0.4) is 0 Å². The van der Waals surface area contributed by atoms with Gasteiger partial charge in [0.05, 0.1) is 20.8 Å². The predicted octanol–water partition coefficient (Wildman–Crippen LogP) is 4.08. The van der Waals surface area contributed by atoms with E-state index >= 15 is 0 Å². The highest BCUT2D eigenvalue weighted by Gasteiger charge is 2.40. The van der Waals surface area contributed by atoms with Gasteiger partial charge in [-0.15, -0.1) is 11.8 Å². The number of nitrogens with zero attached hydrogens (tertiary/aromatic N) is 2. The van der Waals surface area contributed by atoms with E-state index in [0.717, 1.165) is 16.7 Å². The van der Waals surface area contributed by atoms with Gasteiger partial charge in [0.25, 0.3) is 17.5 Å². The van der Waals surface area contributed by atoms with E-state index in [1.54, 1.807) is 54.6 Å². The van der Waals surface area contributed by atoms with Gasteiger partial charge in [-0.1, -0.05) is 18.2 Å². The molecule has 1 atom stereocenters. The maximum atomic E-state index is 13.3. The maximum Gasteiger partial charge on any atom is 0.272 e. The van der Waals surface area contributed by atoms with Gasteiger partial charge in [-0.25, -0.2) is 18.5 Å². The molecule has 4 amide bonds. The van der Waals surface area contributed by atoms with Gasteiger partial charge >= 0.3 is 0 Å². The number of thioether (sulfide) groups is 1. The van der Waals surface area contributed by atoms with Crippen LogP contribution in [-0.2, 0) is 24.4 Å². The number of anilines is 2. The average Bonchev–Trinajstić information content (AvgIpc) is 3.33. The number of hydrogen-bond donors (Lipinski definition) is 3. The van der Waals surface area contributed by atoms with Crippen molar-refractivity contribution in [1.82, 2.24) is 5.32 Å². The molecule has 1 saturated heterocycles. The molecule has 13 nitrogen and oxygen atoms in total. The Bertz CT molecular complexity index is 2000. The first-order chi connectivity index (χ1) is 22.4. The lowest BCUT2D eigenvalue weighted by Crippen LogP contribution is -2.31. The monoisotopic (exact) mass is 671 g/mol. The van der Waals surface area contributed by atoms with Crippen molar-refractivity contribution < 1.29 is 32.5 Å². The van der Waals surface area contributed by atoms with E-state index in [2.05, 4.69) is 10.6 Å². The minimum absolute atomic E-state index is 0.0726. The molecule has 0 radical (unpaired) electrons. The lowest BCUT2D eigenvalue weighted by molar-refractivity contribution is -0.384. The highest BCUT2D eigenvalue weighted by molar-refractivity contribution is 8.00. The molecule has 0 spiro atoms. The fraction of sp³-hybridized carbons (Fsp3) is 0.0625. The molecular weight excluding hydrogens is 647 g/mol. The smallest absolute Gasteiger partial charge is 0.272 e. The minimum atomic E-state index is -3.93. The highest BCUT2D eigenvalue weighted by atomic mass is 32.2. The number of non-ortho nitro benzene ring substituents is 1. The van der Waals surface area contributed by atoms with Gasteiger partial charge in [0.1, 0.15) is 5.70 Å². The standard InChI is InChI=1S/C32H25N5O8S2/c33-47(44,45)26-16-12-23(13-17-26)36-29(38)19-28(32(36)41)46-25-14-8-22(9-15-25)34-31(40)27(35-30(39)21-4-2-1-3-5-21)18-20-6-10-24(11-7-20)37(42)43/h1-18,28H,19H2,(H,34,40)(H,35,39)(H2,33,44,45)/b27-18-. The van der Waals surface area contributed by atoms with Gasteiger partial charge in [-0.2, -0.15) is 0 Å². The molecule has 0 bridgehead atoms. The molecule has 0 saturated carbocycles. The summed E-state index contributed by atoms with van der Waals surface area (Å²) in [4.78, 5) is 63.9. The molecular formula is C32H25N5O8S2. The fourth-order valence-corrected chi connectivity index (χ4v) is 6.10. The Labute approximate surface area is 272 Å². The molecule has 5 rings (SSSR count). The second-order valence-corrected chi connectivity index (χ2v) is 13.0. The number of carbonyl (C=O) groups is 4. The van der Waals surface area contributed by atoms with Crippen molar-refractivity contribution in [3.8, 4) is 0 Å². The van der Waals surface area contributed by atoms with Crippen LogP contribution in [0.1, 0.15) is 22.3 Å².